The second-order valence-electron chi connectivity index (χ2n) is 31.7. The van der Waals surface area contributed by atoms with Crippen molar-refractivity contribution in [3.63, 3.8) is 0 Å². The van der Waals surface area contributed by atoms with Crippen molar-refractivity contribution in [3.05, 3.63) is 0 Å². The number of hydrogen-bond acceptors (Lipinski definition) is 0. The molecule has 0 N–H and O–H groups in total. The topological polar surface area (TPSA) is 0 Å². The van der Waals surface area contributed by atoms with E-state index in [0.717, 1.165) is 71.0 Å². The normalized spacial score (nSPS) is 29.2. The van der Waals surface area contributed by atoms with Gasteiger partial charge in [0, 0.05) is 0 Å². The molecule has 8 atom stereocenters. The summed E-state index contributed by atoms with van der Waals surface area (Å²) in [6.45, 7) is 82.4. The van der Waals surface area contributed by atoms with Gasteiger partial charge in [0.05, 0.1) is 0 Å². The highest BCUT2D eigenvalue weighted by Crippen LogP contribution is 2.58. The maximum Gasteiger partial charge on any atom is -0.0329 e. The van der Waals surface area contributed by atoms with E-state index in [4.69, 9.17) is 0 Å². The first kappa shape index (κ1) is 85.9. The van der Waals surface area contributed by atoms with E-state index in [0.29, 0.717) is 43.3 Å². The molecule has 0 spiro atoms. The smallest absolute Gasteiger partial charge is 0.0329 e. The van der Waals surface area contributed by atoms with Gasteiger partial charge in [0.1, 0.15) is 0 Å². The van der Waals surface area contributed by atoms with Crippen LogP contribution in [0, 0.1) is 114 Å². The van der Waals surface area contributed by atoms with Gasteiger partial charge < -0.3 is 0 Å². The van der Waals surface area contributed by atoms with E-state index in [1.54, 1.807) is 0 Å². The number of rotatable bonds is 0. The quantitative estimate of drug-likeness (QED) is 0.227. The summed E-state index contributed by atoms with van der Waals surface area (Å²) in [7, 11) is 0. The summed E-state index contributed by atoms with van der Waals surface area (Å²) in [4.78, 5) is 0. The first-order chi connectivity index (χ1) is 31.0. The largest absolute Gasteiger partial charge is 0.0776 e. The van der Waals surface area contributed by atoms with Gasteiger partial charge in [-0.05, 0) is 191 Å². The molecular weight excluding hydrogens is 865 g/mol. The molecule has 4 unspecified atom stereocenters. The van der Waals surface area contributed by atoms with Gasteiger partial charge in [0.15, 0.2) is 0 Å². The van der Waals surface area contributed by atoms with Gasteiger partial charge in [-0.25, -0.2) is 0 Å². The minimum absolute atomic E-state index is 0. The zero-order valence-electron chi connectivity index (χ0n) is 56.1. The lowest BCUT2D eigenvalue weighted by atomic mass is 9.56. The van der Waals surface area contributed by atoms with Crippen molar-refractivity contribution in [3.8, 4) is 0 Å². The highest BCUT2D eigenvalue weighted by Gasteiger charge is 2.50. The molecule has 446 valence electrons. The molecule has 0 aromatic carbocycles. The molecule has 0 radical (unpaired) electrons. The van der Waals surface area contributed by atoms with Crippen molar-refractivity contribution in [2.24, 2.45) is 114 Å². The van der Waals surface area contributed by atoms with Crippen LogP contribution >= 0.6 is 0 Å². The maximum atomic E-state index is 2.41. The third kappa shape index (κ3) is 37.7. The van der Waals surface area contributed by atoms with Crippen molar-refractivity contribution in [1.29, 1.82) is 0 Å². The molecule has 0 amide bonds. The lowest BCUT2D eigenvalue weighted by molar-refractivity contribution is 0.0110. The number of hydrogen-bond donors (Lipinski definition) is 0. The van der Waals surface area contributed by atoms with Crippen LogP contribution in [0.15, 0.2) is 0 Å². The molecule has 0 saturated heterocycles. The van der Waals surface area contributed by atoms with Crippen LogP contribution in [0.3, 0.4) is 0 Å². The lowest BCUT2D eigenvalue weighted by Crippen LogP contribution is -2.40. The Bertz CT molecular complexity index is 1090. The Balaban J connectivity index is -0.000000139. The summed E-state index contributed by atoms with van der Waals surface area (Å²) in [5.41, 5.74) is 4.26. The van der Waals surface area contributed by atoms with Crippen molar-refractivity contribution in [1.82, 2.24) is 0 Å². The van der Waals surface area contributed by atoms with Gasteiger partial charge >= 0.3 is 0 Å². The Labute approximate surface area is 467 Å². The van der Waals surface area contributed by atoms with E-state index in [-0.39, 0.29) is 22.3 Å². The molecule has 6 aliphatic rings. The van der Waals surface area contributed by atoms with Gasteiger partial charge in [-0.2, -0.15) is 0 Å². The summed E-state index contributed by atoms with van der Waals surface area (Å²) in [6.07, 6.45) is 18.9. The molecule has 0 nitrogen and oxygen atoms in total. The van der Waals surface area contributed by atoms with Crippen LogP contribution in [0.25, 0.3) is 0 Å². The van der Waals surface area contributed by atoms with E-state index in [1.807, 2.05) is 55.4 Å². The Morgan fingerprint density at radius 2 is 0.375 bits per heavy atom. The summed E-state index contributed by atoms with van der Waals surface area (Å²) in [6, 6.07) is 0. The molecule has 0 heteroatoms. The van der Waals surface area contributed by atoms with Crippen LogP contribution in [0.5, 0.6) is 0 Å². The molecule has 0 aromatic rings. The Kier molecular flexibility index (Phi) is 44.1. The molecular formula is C72H158. The average Bonchev–Trinajstić information content (AvgIpc) is 4.14. The lowest BCUT2D eigenvalue weighted by Gasteiger charge is -2.49. The molecule has 0 heterocycles. The molecule has 6 rings (SSSR count). The summed E-state index contributed by atoms with van der Waals surface area (Å²) in [5, 5.41) is 0. The van der Waals surface area contributed by atoms with Gasteiger partial charge in [0.2, 0.25) is 0 Å². The highest BCUT2D eigenvalue weighted by atomic mass is 14.6. The minimum atomic E-state index is 0. The van der Waals surface area contributed by atoms with E-state index < -0.39 is 0 Å². The van der Waals surface area contributed by atoms with Gasteiger partial charge in [-0.1, -0.05) is 278 Å². The van der Waals surface area contributed by atoms with Crippen LogP contribution < -0.4 is 0 Å². The first-order valence-corrected chi connectivity index (χ1v) is 31.0. The Morgan fingerprint density at radius 3 is 0.500 bits per heavy atom. The predicted octanol–water partition coefficient (Wildman–Crippen LogP) is 26.9. The summed E-state index contributed by atoms with van der Waals surface area (Å²) < 4.78 is 0. The van der Waals surface area contributed by atoms with E-state index in [2.05, 4.69) is 194 Å². The van der Waals surface area contributed by atoms with E-state index in [1.165, 1.54) is 83.5 Å². The standard InChI is InChI=1S/2C14H28.C12H24.C11H22.2C5H10.4C2H6.3CH4/c1-13(2,3)11-7-9-12(10-8-11)14(4,5)6;1-13(2,3)11-8-7-9-12(10-11)14(4,5)6;1-11(2,3)9-7-10(8-9)12(4,5)6;1-10(2,3)8-7-9(8)11(4,5)6;2*1-4-3-5(4)2;4*1-2;;;/h2*11-12H,7-10H2,1-6H3;9-10H,7-8H2,1-6H3;8-9H,7H2,1-6H3;2*4-5H,3H2,1-2H3;4*1-2H3;3*1H4/t;;;;4-,5+;4-,5-;;;;;;;/m.....0......./s1. The maximum absolute atomic E-state index is 2.41. The van der Waals surface area contributed by atoms with Crippen LogP contribution in [-0.4, -0.2) is 0 Å². The van der Waals surface area contributed by atoms with Gasteiger partial charge in [0.25, 0.3) is 0 Å². The third-order valence-corrected chi connectivity index (χ3v) is 17.9. The second-order valence-corrected chi connectivity index (χ2v) is 31.7. The van der Waals surface area contributed by atoms with Crippen LogP contribution in [0.1, 0.15) is 355 Å². The van der Waals surface area contributed by atoms with Gasteiger partial charge in [-0.15, -0.1) is 0 Å². The predicted molar refractivity (Wildman–Crippen MR) is 346 cm³/mol. The van der Waals surface area contributed by atoms with Crippen LogP contribution in [0.4, 0.5) is 0 Å². The van der Waals surface area contributed by atoms with Crippen molar-refractivity contribution < 1.29 is 0 Å². The fourth-order valence-electron chi connectivity index (χ4n) is 10.7. The Hall–Kier alpha value is 0. The molecule has 0 aromatic heterocycles. The van der Waals surface area contributed by atoms with E-state index in [9.17, 15) is 0 Å². The third-order valence-electron chi connectivity index (χ3n) is 17.9. The highest BCUT2D eigenvalue weighted by molar-refractivity contribution is 4.99. The molecule has 0 aliphatic heterocycles. The Morgan fingerprint density at radius 1 is 0.208 bits per heavy atom. The molecule has 6 aliphatic carbocycles. The molecule has 6 fully saturated rings. The van der Waals surface area contributed by atoms with Crippen molar-refractivity contribution in [2.45, 2.75) is 355 Å². The second kappa shape index (κ2) is 37.0. The zero-order chi connectivity index (χ0) is 56.1. The fourth-order valence-corrected chi connectivity index (χ4v) is 10.7. The van der Waals surface area contributed by atoms with Crippen LogP contribution in [0.2, 0.25) is 0 Å². The average molecular weight is 1020 g/mol. The summed E-state index contributed by atoms with van der Waals surface area (Å²) >= 11 is 0. The molecule has 6 saturated carbocycles. The summed E-state index contributed by atoms with van der Waals surface area (Å²) in [5.74, 6) is 11.9. The van der Waals surface area contributed by atoms with Crippen LogP contribution in [-0.2, 0) is 0 Å². The minimum Gasteiger partial charge on any atom is -0.0776 e. The van der Waals surface area contributed by atoms with Crippen molar-refractivity contribution in [2.75, 3.05) is 0 Å². The first-order valence-electron chi connectivity index (χ1n) is 31.0. The molecule has 0 bridgehead atoms. The molecule has 72 heavy (non-hydrogen) atoms. The zero-order valence-corrected chi connectivity index (χ0v) is 56.1. The SMILES string of the molecule is C.C.C.CC.CC.CC.CC.CC(C)(C)C1CC(C(C)(C)C)C1.CC(C)(C)C1CC1C(C)(C)C.CC(C)(C)C1CCC(C(C)(C)C)CC1.CC(C)(C)C1CCCC(C(C)(C)C)C1.C[C@@H]1C[C@@H]1C.C[C@H]1C[C@@H]1C. The van der Waals surface area contributed by atoms with Gasteiger partial charge in [-0.3, -0.25) is 0 Å². The fraction of sp³-hybridized carbons (Fsp3) is 1.00. The van der Waals surface area contributed by atoms with Crippen molar-refractivity contribution >= 4 is 0 Å². The van der Waals surface area contributed by atoms with E-state index >= 15 is 0 Å². The monoisotopic (exact) mass is 1020 g/mol.